The number of fused-ring (bicyclic) bond motifs is 1. The molecule has 4 rings (SSSR count). The summed E-state index contributed by atoms with van der Waals surface area (Å²) in [6, 6.07) is 15.1. The third-order valence-electron chi connectivity index (χ3n) is 5.83. The molecule has 2 aliphatic heterocycles. The van der Waals surface area contributed by atoms with Crippen LogP contribution in [0.3, 0.4) is 0 Å². The number of benzene rings is 2. The molecule has 0 radical (unpaired) electrons. The Hall–Kier alpha value is -2.18. The van der Waals surface area contributed by atoms with Gasteiger partial charge in [-0.2, -0.15) is 4.31 Å². The van der Waals surface area contributed by atoms with Gasteiger partial charge >= 0.3 is 0 Å². The van der Waals surface area contributed by atoms with Crippen LogP contribution in [0.25, 0.3) is 0 Å². The van der Waals surface area contributed by atoms with Crippen molar-refractivity contribution in [1.82, 2.24) is 9.21 Å². The number of hydrogen-bond donors (Lipinski definition) is 0. The summed E-state index contributed by atoms with van der Waals surface area (Å²) in [5.41, 5.74) is 3.52. The van der Waals surface area contributed by atoms with Crippen molar-refractivity contribution >= 4 is 15.9 Å². The number of piperidine rings is 1. The zero-order chi connectivity index (χ0) is 19.7. The topological polar surface area (TPSA) is 57.7 Å². The number of sulfonamides is 1. The minimum Gasteiger partial charge on any atom is -0.338 e. The SMILES string of the molecule is Cc1ccc(S(=O)(=O)N2CCC[C@H](C(=O)N3CCc4ccccc4C3)C2)cc1. The summed E-state index contributed by atoms with van der Waals surface area (Å²) in [6.45, 7) is 4.01. The fourth-order valence-corrected chi connectivity index (χ4v) is 5.69. The van der Waals surface area contributed by atoms with Crippen LogP contribution in [-0.4, -0.2) is 43.2 Å². The molecule has 1 saturated heterocycles. The van der Waals surface area contributed by atoms with Gasteiger partial charge in [-0.3, -0.25) is 4.79 Å². The molecule has 1 fully saturated rings. The first-order chi connectivity index (χ1) is 13.4. The largest absolute Gasteiger partial charge is 0.338 e. The number of hydrogen-bond acceptors (Lipinski definition) is 3. The van der Waals surface area contributed by atoms with Crippen LogP contribution in [0.4, 0.5) is 0 Å². The predicted molar refractivity (Wildman–Crippen MR) is 108 cm³/mol. The summed E-state index contributed by atoms with van der Waals surface area (Å²) in [7, 11) is -3.56. The van der Waals surface area contributed by atoms with Crippen molar-refractivity contribution in [2.45, 2.75) is 37.6 Å². The predicted octanol–water partition coefficient (Wildman–Crippen LogP) is 2.98. The van der Waals surface area contributed by atoms with Crippen molar-refractivity contribution in [3.63, 3.8) is 0 Å². The van der Waals surface area contributed by atoms with Crippen molar-refractivity contribution in [2.75, 3.05) is 19.6 Å². The molecule has 148 valence electrons. The second-order valence-electron chi connectivity index (χ2n) is 7.79. The van der Waals surface area contributed by atoms with Crippen LogP contribution < -0.4 is 0 Å². The molecular formula is C22H26N2O3S. The number of carbonyl (C=O) groups excluding carboxylic acids is 1. The summed E-state index contributed by atoms with van der Waals surface area (Å²) >= 11 is 0. The highest BCUT2D eigenvalue weighted by atomic mass is 32.2. The first-order valence-corrected chi connectivity index (χ1v) is 11.3. The minimum atomic E-state index is -3.56. The molecule has 0 aromatic heterocycles. The molecule has 0 spiro atoms. The second kappa shape index (κ2) is 7.68. The second-order valence-corrected chi connectivity index (χ2v) is 9.73. The Bertz CT molecular complexity index is 970. The zero-order valence-electron chi connectivity index (χ0n) is 16.2. The van der Waals surface area contributed by atoms with Gasteiger partial charge in [0.1, 0.15) is 0 Å². The lowest BCUT2D eigenvalue weighted by atomic mass is 9.95. The smallest absolute Gasteiger partial charge is 0.243 e. The van der Waals surface area contributed by atoms with E-state index in [1.165, 1.54) is 15.4 Å². The maximum Gasteiger partial charge on any atom is 0.243 e. The molecule has 2 aromatic rings. The van der Waals surface area contributed by atoms with Gasteiger partial charge in [-0.15, -0.1) is 0 Å². The van der Waals surface area contributed by atoms with Crippen molar-refractivity contribution in [2.24, 2.45) is 5.92 Å². The first-order valence-electron chi connectivity index (χ1n) is 9.87. The van der Waals surface area contributed by atoms with E-state index in [9.17, 15) is 13.2 Å². The Balaban J connectivity index is 1.48. The Morgan fingerprint density at radius 3 is 2.46 bits per heavy atom. The summed E-state index contributed by atoms with van der Waals surface area (Å²) < 4.78 is 27.5. The number of amides is 1. The highest BCUT2D eigenvalue weighted by Crippen LogP contribution is 2.27. The van der Waals surface area contributed by atoms with Crippen molar-refractivity contribution in [3.05, 3.63) is 65.2 Å². The van der Waals surface area contributed by atoms with E-state index in [2.05, 4.69) is 12.1 Å². The maximum absolute atomic E-state index is 13.1. The lowest BCUT2D eigenvalue weighted by molar-refractivity contribution is -0.137. The molecule has 0 N–H and O–H groups in total. The quantitative estimate of drug-likeness (QED) is 0.799. The van der Waals surface area contributed by atoms with E-state index in [0.717, 1.165) is 18.4 Å². The summed E-state index contributed by atoms with van der Waals surface area (Å²) in [5, 5.41) is 0. The molecule has 2 aliphatic rings. The van der Waals surface area contributed by atoms with Crippen LogP contribution in [-0.2, 0) is 27.8 Å². The molecule has 5 nitrogen and oxygen atoms in total. The average molecular weight is 399 g/mol. The van der Waals surface area contributed by atoms with Gasteiger partial charge in [0.05, 0.1) is 10.8 Å². The fraction of sp³-hybridized carbons (Fsp3) is 0.409. The Morgan fingerprint density at radius 1 is 1.00 bits per heavy atom. The van der Waals surface area contributed by atoms with Gasteiger partial charge in [-0.05, 0) is 49.4 Å². The molecule has 0 bridgehead atoms. The van der Waals surface area contributed by atoms with Crippen LogP contribution in [0.2, 0.25) is 0 Å². The van der Waals surface area contributed by atoms with Gasteiger partial charge in [0.15, 0.2) is 0 Å². The highest BCUT2D eigenvalue weighted by Gasteiger charge is 2.35. The van der Waals surface area contributed by atoms with Gasteiger partial charge in [-0.1, -0.05) is 42.0 Å². The molecule has 28 heavy (non-hydrogen) atoms. The van der Waals surface area contributed by atoms with Gasteiger partial charge < -0.3 is 4.90 Å². The molecule has 2 heterocycles. The molecule has 1 amide bonds. The van der Waals surface area contributed by atoms with Gasteiger partial charge in [0.25, 0.3) is 0 Å². The van der Waals surface area contributed by atoms with Crippen molar-refractivity contribution in [1.29, 1.82) is 0 Å². The molecule has 6 heteroatoms. The normalized spacial score (nSPS) is 20.6. The Morgan fingerprint density at radius 2 is 1.71 bits per heavy atom. The molecule has 0 unspecified atom stereocenters. The first kappa shape index (κ1) is 19.2. The van der Waals surface area contributed by atoms with E-state index < -0.39 is 10.0 Å². The third kappa shape index (κ3) is 3.71. The minimum absolute atomic E-state index is 0.0818. The Labute approximate surface area is 167 Å². The van der Waals surface area contributed by atoms with Crippen LogP contribution in [0.5, 0.6) is 0 Å². The summed E-state index contributed by atoms with van der Waals surface area (Å²) in [6.07, 6.45) is 2.32. The van der Waals surface area contributed by atoms with Gasteiger partial charge in [0, 0.05) is 26.2 Å². The molecular weight excluding hydrogens is 372 g/mol. The third-order valence-corrected chi connectivity index (χ3v) is 7.71. The van der Waals surface area contributed by atoms with E-state index >= 15 is 0 Å². The average Bonchev–Trinajstić information content (AvgIpc) is 2.73. The van der Waals surface area contributed by atoms with E-state index in [4.69, 9.17) is 0 Å². The van der Waals surface area contributed by atoms with Crippen LogP contribution in [0.1, 0.15) is 29.5 Å². The Kier molecular flexibility index (Phi) is 5.25. The molecule has 2 aromatic carbocycles. The fourth-order valence-electron chi connectivity index (χ4n) is 4.16. The summed E-state index contributed by atoms with van der Waals surface area (Å²) in [5.74, 6) is -0.183. The lowest BCUT2D eigenvalue weighted by Gasteiger charge is -2.36. The monoisotopic (exact) mass is 398 g/mol. The number of carbonyl (C=O) groups is 1. The van der Waals surface area contributed by atoms with E-state index in [0.29, 0.717) is 31.0 Å². The van der Waals surface area contributed by atoms with Crippen molar-refractivity contribution in [3.8, 4) is 0 Å². The van der Waals surface area contributed by atoms with Gasteiger partial charge in [0.2, 0.25) is 15.9 Å². The van der Waals surface area contributed by atoms with E-state index in [1.807, 2.05) is 36.1 Å². The number of aryl methyl sites for hydroxylation is 1. The maximum atomic E-state index is 13.1. The van der Waals surface area contributed by atoms with E-state index in [-0.39, 0.29) is 18.4 Å². The van der Waals surface area contributed by atoms with Crippen molar-refractivity contribution < 1.29 is 13.2 Å². The highest BCUT2D eigenvalue weighted by molar-refractivity contribution is 7.89. The lowest BCUT2D eigenvalue weighted by Crippen LogP contribution is -2.47. The molecule has 1 atom stereocenters. The number of rotatable bonds is 3. The standard InChI is InChI=1S/C22H26N2O3S/c1-17-8-10-21(11-9-17)28(26,27)24-13-4-7-20(16-24)22(25)23-14-12-18-5-2-3-6-19(18)15-23/h2-3,5-6,8-11,20H,4,7,12-16H2,1H3/t20-/m0/s1. The molecule has 0 aliphatic carbocycles. The summed E-state index contributed by atoms with van der Waals surface area (Å²) in [4.78, 5) is 15.3. The van der Waals surface area contributed by atoms with Gasteiger partial charge in [-0.25, -0.2) is 8.42 Å². The van der Waals surface area contributed by atoms with Crippen LogP contribution >= 0.6 is 0 Å². The van der Waals surface area contributed by atoms with E-state index in [1.54, 1.807) is 12.1 Å². The van der Waals surface area contributed by atoms with Crippen LogP contribution in [0.15, 0.2) is 53.4 Å². The molecule has 0 saturated carbocycles. The van der Waals surface area contributed by atoms with Crippen LogP contribution in [0, 0.1) is 12.8 Å². The zero-order valence-corrected chi connectivity index (χ0v) is 17.0. The number of nitrogens with zero attached hydrogens (tertiary/aromatic N) is 2.